The number of non-ortho nitro benzene ring substituents is 1. The molecule has 0 aromatic heterocycles. The monoisotopic (exact) mass is 333 g/mol. The second-order valence-corrected chi connectivity index (χ2v) is 5.54. The molecule has 0 aliphatic rings. The van der Waals surface area contributed by atoms with Crippen molar-refractivity contribution in [3.05, 3.63) is 62.2 Å². The zero-order chi connectivity index (χ0) is 17.1. The van der Waals surface area contributed by atoms with Gasteiger partial charge in [-0.1, -0.05) is 17.7 Å². The molecule has 0 aliphatic heterocycles. The van der Waals surface area contributed by atoms with Crippen LogP contribution in [0.4, 0.5) is 17.1 Å². The maximum atomic E-state index is 12.5. The largest absolute Gasteiger partial charge is 0.387 e. The van der Waals surface area contributed by atoms with Crippen molar-refractivity contribution < 1.29 is 9.72 Å². The van der Waals surface area contributed by atoms with Crippen molar-refractivity contribution in [3.8, 4) is 0 Å². The molecular weight excluding hydrogens is 318 g/mol. The van der Waals surface area contributed by atoms with Gasteiger partial charge >= 0.3 is 0 Å². The summed E-state index contributed by atoms with van der Waals surface area (Å²) in [5, 5.41) is 16.9. The summed E-state index contributed by atoms with van der Waals surface area (Å²) in [6.07, 6.45) is 0. The van der Waals surface area contributed by atoms with Gasteiger partial charge in [0.2, 0.25) is 0 Å². The molecule has 0 atom stereocenters. The van der Waals surface area contributed by atoms with E-state index in [4.69, 9.17) is 11.6 Å². The molecule has 0 aliphatic carbocycles. The van der Waals surface area contributed by atoms with E-state index in [0.29, 0.717) is 16.4 Å². The first-order chi connectivity index (χ1) is 10.8. The molecule has 2 rings (SSSR count). The fourth-order valence-corrected chi connectivity index (χ4v) is 2.67. The Balaban J connectivity index is 2.41. The maximum Gasteiger partial charge on any atom is 0.270 e. The average molecular weight is 334 g/mol. The third-order valence-electron chi connectivity index (χ3n) is 3.40. The Hall–Kier alpha value is -2.60. The minimum atomic E-state index is -0.541. The van der Waals surface area contributed by atoms with Gasteiger partial charge in [0, 0.05) is 24.9 Å². The van der Waals surface area contributed by atoms with Crippen LogP contribution >= 0.6 is 11.6 Å². The molecule has 6 nitrogen and oxygen atoms in total. The highest BCUT2D eigenvalue weighted by molar-refractivity contribution is 6.34. The number of carbonyl (C=O) groups is 1. The number of amides is 1. The highest BCUT2D eigenvalue weighted by Crippen LogP contribution is 2.29. The summed E-state index contributed by atoms with van der Waals surface area (Å²) in [7, 11) is 1.64. The fourth-order valence-electron chi connectivity index (χ4n) is 2.31. The molecule has 0 bridgehead atoms. The van der Waals surface area contributed by atoms with Gasteiger partial charge in [-0.05, 0) is 37.1 Å². The topological polar surface area (TPSA) is 84.3 Å². The van der Waals surface area contributed by atoms with Gasteiger partial charge in [0.1, 0.15) is 0 Å². The molecule has 120 valence electrons. The van der Waals surface area contributed by atoms with Crippen LogP contribution in [0, 0.1) is 24.0 Å². The summed E-state index contributed by atoms with van der Waals surface area (Å²) in [6.45, 7) is 3.74. The molecule has 0 unspecified atom stereocenters. The smallest absolute Gasteiger partial charge is 0.270 e. The van der Waals surface area contributed by atoms with Gasteiger partial charge in [0.25, 0.3) is 11.6 Å². The van der Waals surface area contributed by atoms with Crippen LogP contribution in [0.5, 0.6) is 0 Å². The number of anilines is 2. The number of nitro groups is 1. The predicted octanol–water partition coefficient (Wildman–Crippen LogP) is 4.16. The van der Waals surface area contributed by atoms with Gasteiger partial charge in [-0.15, -0.1) is 0 Å². The Bertz CT molecular complexity index is 767. The molecule has 2 N–H and O–H groups in total. The number of rotatable bonds is 4. The van der Waals surface area contributed by atoms with Gasteiger partial charge < -0.3 is 10.6 Å². The van der Waals surface area contributed by atoms with Crippen molar-refractivity contribution in [2.45, 2.75) is 13.8 Å². The second kappa shape index (κ2) is 6.66. The van der Waals surface area contributed by atoms with Crippen LogP contribution in [0.3, 0.4) is 0 Å². The number of nitro benzene ring substituents is 1. The predicted molar refractivity (Wildman–Crippen MR) is 91.5 cm³/mol. The highest BCUT2D eigenvalue weighted by atomic mass is 35.5. The fraction of sp³-hybridized carbons (Fsp3) is 0.188. The molecular formula is C16H16ClN3O3. The minimum absolute atomic E-state index is 0.152. The molecule has 0 saturated carbocycles. The van der Waals surface area contributed by atoms with Crippen LogP contribution in [0.2, 0.25) is 5.02 Å². The van der Waals surface area contributed by atoms with E-state index in [1.807, 2.05) is 19.9 Å². The summed E-state index contributed by atoms with van der Waals surface area (Å²) >= 11 is 6.18. The van der Waals surface area contributed by atoms with E-state index >= 15 is 0 Å². The van der Waals surface area contributed by atoms with Gasteiger partial charge in [-0.3, -0.25) is 14.9 Å². The number of nitrogens with zero attached hydrogens (tertiary/aromatic N) is 1. The Morgan fingerprint density at radius 1 is 1.22 bits per heavy atom. The molecule has 7 heteroatoms. The van der Waals surface area contributed by atoms with E-state index in [1.54, 1.807) is 13.1 Å². The summed E-state index contributed by atoms with van der Waals surface area (Å²) < 4.78 is 0. The lowest BCUT2D eigenvalue weighted by Crippen LogP contribution is -2.15. The quantitative estimate of drug-likeness (QED) is 0.650. The van der Waals surface area contributed by atoms with Gasteiger partial charge in [0.15, 0.2) is 0 Å². The average Bonchev–Trinajstić information content (AvgIpc) is 2.49. The van der Waals surface area contributed by atoms with Crippen molar-refractivity contribution in [2.75, 3.05) is 17.7 Å². The number of hydrogen-bond donors (Lipinski definition) is 2. The number of halogens is 1. The van der Waals surface area contributed by atoms with Gasteiger partial charge in [-0.25, -0.2) is 0 Å². The lowest BCUT2D eigenvalue weighted by Gasteiger charge is -2.13. The summed E-state index contributed by atoms with van der Waals surface area (Å²) in [5.74, 6) is -0.466. The minimum Gasteiger partial charge on any atom is -0.387 e. The Morgan fingerprint density at radius 3 is 2.48 bits per heavy atom. The molecule has 1 amide bonds. The zero-order valence-electron chi connectivity index (χ0n) is 12.9. The number of nitrogens with one attached hydrogen (secondary N) is 2. The van der Waals surface area contributed by atoms with Crippen molar-refractivity contribution in [3.63, 3.8) is 0 Å². The number of benzene rings is 2. The Labute approximate surface area is 138 Å². The van der Waals surface area contributed by atoms with Crippen molar-refractivity contribution >= 4 is 34.6 Å². The number of aryl methyl sites for hydroxylation is 2. The van der Waals surface area contributed by atoms with Crippen molar-refractivity contribution in [1.29, 1.82) is 0 Å². The summed E-state index contributed by atoms with van der Waals surface area (Å²) in [4.78, 5) is 22.9. The Morgan fingerprint density at radius 2 is 1.91 bits per heavy atom. The van der Waals surface area contributed by atoms with Crippen LogP contribution in [0.15, 0.2) is 30.3 Å². The maximum absolute atomic E-state index is 12.5. The third kappa shape index (κ3) is 3.60. The summed E-state index contributed by atoms with van der Waals surface area (Å²) in [5.41, 5.74) is 2.82. The lowest BCUT2D eigenvalue weighted by molar-refractivity contribution is -0.384. The molecule has 0 saturated heterocycles. The summed E-state index contributed by atoms with van der Waals surface area (Å²) in [6, 6.07) is 7.71. The first-order valence-corrected chi connectivity index (χ1v) is 7.25. The van der Waals surface area contributed by atoms with Crippen LogP contribution in [-0.4, -0.2) is 17.9 Å². The second-order valence-electron chi connectivity index (χ2n) is 5.13. The number of hydrogen-bond acceptors (Lipinski definition) is 4. The molecule has 0 spiro atoms. The van der Waals surface area contributed by atoms with Crippen LogP contribution in [-0.2, 0) is 0 Å². The zero-order valence-corrected chi connectivity index (χ0v) is 13.7. The van der Waals surface area contributed by atoms with Gasteiger partial charge in [-0.2, -0.15) is 0 Å². The highest BCUT2D eigenvalue weighted by Gasteiger charge is 2.18. The van der Waals surface area contributed by atoms with Crippen LogP contribution in [0.1, 0.15) is 21.5 Å². The number of carbonyl (C=O) groups excluding carboxylic acids is 1. The molecule has 0 heterocycles. The molecule has 0 fully saturated rings. The molecule has 2 aromatic carbocycles. The SMILES string of the molecule is CNc1ccc([N+](=O)[O-])cc1C(=O)Nc1c(C)cc(C)cc1Cl. The Kier molecular flexibility index (Phi) is 4.86. The van der Waals surface area contributed by atoms with E-state index in [2.05, 4.69) is 10.6 Å². The van der Waals surface area contributed by atoms with E-state index < -0.39 is 10.8 Å². The van der Waals surface area contributed by atoms with Gasteiger partial charge in [0.05, 0.1) is 21.2 Å². The first kappa shape index (κ1) is 16.8. The normalized spacial score (nSPS) is 10.3. The molecule has 2 aromatic rings. The van der Waals surface area contributed by atoms with E-state index in [0.717, 1.165) is 11.1 Å². The third-order valence-corrected chi connectivity index (χ3v) is 3.70. The lowest BCUT2D eigenvalue weighted by atomic mass is 10.1. The molecule has 0 radical (unpaired) electrons. The van der Waals surface area contributed by atoms with Crippen LogP contribution in [0.25, 0.3) is 0 Å². The van der Waals surface area contributed by atoms with Crippen molar-refractivity contribution in [2.24, 2.45) is 0 Å². The van der Waals surface area contributed by atoms with E-state index in [1.165, 1.54) is 18.2 Å². The standard InChI is InChI=1S/C16H16ClN3O3/c1-9-6-10(2)15(13(17)7-9)19-16(21)12-8-11(20(22)23)4-5-14(12)18-3/h4-8,18H,1-3H3,(H,19,21). The first-order valence-electron chi connectivity index (χ1n) is 6.87. The molecule has 23 heavy (non-hydrogen) atoms. The van der Waals surface area contributed by atoms with E-state index in [9.17, 15) is 14.9 Å². The van der Waals surface area contributed by atoms with E-state index in [-0.39, 0.29) is 11.3 Å². The van der Waals surface area contributed by atoms with Crippen LogP contribution < -0.4 is 10.6 Å². The van der Waals surface area contributed by atoms with Crippen molar-refractivity contribution in [1.82, 2.24) is 0 Å².